The average molecular weight is 226 g/mol. The van der Waals surface area contributed by atoms with E-state index in [0.717, 1.165) is 19.4 Å². The number of likely N-dealkylation sites (N-methyl/N-ethyl adjacent to an activating group) is 1. The number of nitrogens with one attached hydrogen (secondary N) is 1. The summed E-state index contributed by atoms with van der Waals surface area (Å²) in [5, 5.41) is 3.16. The minimum Gasteiger partial charge on any atom is -0.365 e. The number of hydrogen-bond donors (Lipinski definition) is 1. The monoisotopic (exact) mass is 226 g/mol. The van der Waals surface area contributed by atoms with E-state index >= 15 is 0 Å². The highest BCUT2D eigenvalue weighted by Crippen LogP contribution is 2.26. The summed E-state index contributed by atoms with van der Waals surface area (Å²) in [6.07, 6.45) is 2.02. The molecule has 1 saturated heterocycles. The summed E-state index contributed by atoms with van der Waals surface area (Å²) < 4.78 is 27.1. The van der Waals surface area contributed by atoms with E-state index in [-0.39, 0.29) is 5.69 Å². The second kappa shape index (κ2) is 4.78. The molecular formula is C12H16F2N2. The highest BCUT2D eigenvalue weighted by Gasteiger charge is 2.23. The van der Waals surface area contributed by atoms with E-state index in [1.54, 1.807) is 4.90 Å². The third-order valence-electron chi connectivity index (χ3n) is 3.08. The number of nitrogens with zero attached hydrogens (tertiary/aromatic N) is 1. The minimum absolute atomic E-state index is 0.113. The van der Waals surface area contributed by atoms with Gasteiger partial charge in [-0.05, 0) is 32.0 Å². The molecule has 1 N–H and O–H groups in total. The summed E-state index contributed by atoms with van der Waals surface area (Å²) in [4.78, 5) is 1.79. The predicted octanol–water partition coefficient (Wildman–Crippen LogP) is 2.15. The van der Waals surface area contributed by atoms with Crippen LogP contribution in [-0.2, 0) is 0 Å². The van der Waals surface area contributed by atoms with E-state index in [2.05, 4.69) is 5.32 Å². The quantitative estimate of drug-likeness (QED) is 0.831. The number of halogens is 2. The van der Waals surface area contributed by atoms with Crippen LogP contribution in [0.4, 0.5) is 14.5 Å². The molecule has 88 valence electrons. The number of anilines is 1. The first-order valence-electron chi connectivity index (χ1n) is 5.58. The van der Waals surface area contributed by atoms with Gasteiger partial charge < -0.3 is 10.2 Å². The van der Waals surface area contributed by atoms with E-state index < -0.39 is 11.6 Å². The lowest BCUT2D eigenvalue weighted by atomic mass is 10.0. The van der Waals surface area contributed by atoms with Gasteiger partial charge >= 0.3 is 0 Å². The van der Waals surface area contributed by atoms with E-state index in [1.165, 1.54) is 18.2 Å². The molecule has 0 aliphatic carbocycles. The zero-order valence-corrected chi connectivity index (χ0v) is 9.34. The van der Waals surface area contributed by atoms with Crippen LogP contribution in [0.5, 0.6) is 0 Å². The van der Waals surface area contributed by atoms with Crippen LogP contribution in [0.3, 0.4) is 0 Å². The van der Waals surface area contributed by atoms with Crippen LogP contribution in [-0.4, -0.2) is 26.2 Å². The van der Waals surface area contributed by atoms with Crippen LogP contribution in [0.2, 0.25) is 0 Å². The number of piperidine rings is 1. The molecule has 1 aromatic carbocycles. The molecule has 1 aliphatic heterocycles. The molecule has 0 amide bonds. The Morgan fingerprint density at radius 1 is 1.31 bits per heavy atom. The lowest BCUT2D eigenvalue weighted by Gasteiger charge is -2.34. The first-order chi connectivity index (χ1) is 7.72. The summed E-state index contributed by atoms with van der Waals surface area (Å²) >= 11 is 0. The lowest BCUT2D eigenvalue weighted by molar-refractivity contribution is 0.439. The van der Waals surface area contributed by atoms with Crippen molar-refractivity contribution in [2.24, 2.45) is 0 Å². The van der Waals surface area contributed by atoms with Gasteiger partial charge in [0.25, 0.3) is 0 Å². The van der Waals surface area contributed by atoms with Crippen LogP contribution in [0.1, 0.15) is 12.8 Å². The molecule has 0 radical (unpaired) electrons. The van der Waals surface area contributed by atoms with Gasteiger partial charge in [-0.1, -0.05) is 6.07 Å². The number of rotatable bonds is 2. The Morgan fingerprint density at radius 2 is 2.00 bits per heavy atom. The highest BCUT2D eigenvalue weighted by atomic mass is 19.1. The van der Waals surface area contributed by atoms with Crippen molar-refractivity contribution in [2.75, 3.05) is 25.0 Å². The second-order valence-electron chi connectivity index (χ2n) is 4.14. The molecule has 0 bridgehead atoms. The number of hydrogen-bond acceptors (Lipinski definition) is 2. The Kier molecular flexibility index (Phi) is 3.39. The van der Waals surface area contributed by atoms with Crippen LogP contribution in [0, 0.1) is 11.6 Å². The molecule has 1 aromatic rings. The molecule has 2 rings (SSSR count). The molecule has 0 aromatic heterocycles. The highest BCUT2D eigenvalue weighted by molar-refractivity contribution is 5.49. The van der Waals surface area contributed by atoms with Gasteiger partial charge in [0.15, 0.2) is 0 Å². The van der Waals surface area contributed by atoms with Gasteiger partial charge in [-0.3, -0.25) is 0 Å². The first-order valence-corrected chi connectivity index (χ1v) is 5.58. The first kappa shape index (κ1) is 11.3. The van der Waals surface area contributed by atoms with Gasteiger partial charge in [0.05, 0.1) is 0 Å². The molecule has 1 fully saturated rings. The van der Waals surface area contributed by atoms with Gasteiger partial charge in [-0.25, -0.2) is 8.78 Å². The Morgan fingerprint density at radius 3 is 2.62 bits per heavy atom. The van der Waals surface area contributed by atoms with Crippen LogP contribution >= 0.6 is 0 Å². The largest absolute Gasteiger partial charge is 0.365 e. The zero-order valence-electron chi connectivity index (χ0n) is 9.34. The number of para-hydroxylation sites is 1. The predicted molar refractivity (Wildman–Crippen MR) is 60.7 cm³/mol. The Bertz CT molecular complexity index is 348. The van der Waals surface area contributed by atoms with Gasteiger partial charge in [0.2, 0.25) is 0 Å². The summed E-state index contributed by atoms with van der Waals surface area (Å²) in [6, 6.07) is 4.32. The van der Waals surface area contributed by atoms with Crippen molar-refractivity contribution in [2.45, 2.75) is 18.9 Å². The zero-order chi connectivity index (χ0) is 11.5. The summed E-state index contributed by atoms with van der Waals surface area (Å²) in [5.41, 5.74) is 0.113. The van der Waals surface area contributed by atoms with Crippen molar-refractivity contribution >= 4 is 5.69 Å². The third-order valence-corrected chi connectivity index (χ3v) is 3.08. The third kappa shape index (κ3) is 2.16. The Labute approximate surface area is 94.3 Å². The molecule has 2 nitrogen and oxygen atoms in total. The second-order valence-corrected chi connectivity index (χ2v) is 4.14. The fourth-order valence-corrected chi connectivity index (χ4v) is 2.21. The Hall–Kier alpha value is -1.16. The van der Waals surface area contributed by atoms with Crippen molar-refractivity contribution in [3.05, 3.63) is 29.8 Å². The summed E-state index contributed by atoms with van der Waals surface area (Å²) in [5.74, 6) is -0.950. The molecule has 0 saturated carbocycles. The van der Waals surface area contributed by atoms with E-state index in [1.807, 2.05) is 7.05 Å². The molecule has 1 heterocycles. The maximum Gasteiger partial charge on any atom is 0.149 e. The average Bonchev–Trinajstić information content (AvgIpc) is 2.29. The fraction of sp³-hybridized carbons (Fsp3) is 0.500. The minimum atomic E-state index is -0.475. The molecular weight excluding hydrogens is 210 g/mol. The molecule has 1 unspecified atom stereocenters. The van der Waals surface area contributed by atoms with Gasteiger partial charge in [0.1, 0.15) is 17.3 Å². The van der Waals surface area contributed by atoms with Crippen molar-refractivity contribution in [1.82, 2.24) is 5.32 Å². The van der Waals surface area contributed by atoms with Crippen LogP contribution < -0.4 is 10.2 Å². The maximum atomic E-state index is 13.6. The van der Waals surface area contributed by atoms with Crippen molar-refractivity contribution in [1.29, 1.82) is 0 Å². The summed E-state index contributed by atoms with van der Waals surface area (Å²) in [6.45, 7) is 1.38. The number of benzene rings is 1. The molecule has 0 spiro atoms. The smallest absolute Gasteiger partial charge is 0.149 e. The van der Waals surface area contributed by atoms with E-state index in [4.69, 9.17) is 0 Å². The molecule has 16 heavy (non-hydrogen) atoms. The van der Waals surface area contributed by atoms with Gasteiger partial charge in [-0.15, -0.1) is 0 Å². The lowest BCUT2D eigenvalue weighted by Crippen LogP contribution is -2.45. The summed E-state index contributed by atoms with van der Waals surface area (Å²) in [7, 11) is 1.88. The Balaban J connectivity index is 2.23. The van der Waals surface area contributed by atoms with Crippen molar-refractivity contribution < 1.29 is 8.78 Å². The topological polar surface area (TPSA) is 15.3 Å². The van der Waals surface area contributed by atoms with E-state index in [9.17, 15) is 8.78 Å². The molecule has 1 aliphatic rings. The fourth-order valence-electron chi connectivity index (χ4n) is 2.21. The van der Waals surface area contributed by atoms with Crippen LogP contribution in [0.15, 0.2) is 18.2 Å². The maximum absolute atomic E-state index is 13.6. The van der Waals surface area contributed by atoms with Gasteiger partial charge in [-0.2, -0.15) is 0 Å². The van der Waals surface area contributed by atoms with Gasteiger partial charge in [0, 0.05) is 19.1 Å². The SMILES string of the molecule is CNC1CCCN(c2c(F)cccc2F)C1. The standard InChI is InChI=1S/C12H16F2N2/c1-15-9-4-3-7-16(8-9)12-10(13)5-2-6-11(12)14/h2,5-6,9,15H,3-4,7-8H2,1H3. The molecule has 1 atom stereocenters. The molecule has 4 heteroatoms. The van der Waals surface area contributed by atoms with E-state index in [0.29, 0.717) is 12.6 Å². The van der Waals surface area contributed by atoms with Crippen molar-refractivity contribution in [3.63, 3.8) is 0 Å². The normalized spacial score (nSPS) is 21.2. The van der Waals surface area contributed by atoms with Crippen molar-refractivity contribution in [3.8, 4) is 0 Å². The van der Waals surface area contributed by atoms with Crippen LogP contribution in [0.25, 0.3) is 0 Å².